The van der Waals surface area contributed by atoms with Gasteiger partial charge in [-0.25, -0.2) is 8.42 Å². The fourth-order valence-electron chi connectivity index (χ4n) is 3.77. The lowest BCUT2D eigenvalue weighted by atomic mass is 9.89. The second kappa shape index (κ2) is 7.82. The van der Waals surface area contributed by atoms with Gasteiger partial charge >= 0.3 is 0 Å². The van der Waals surface area contributed by atoms with Crippen LogP contribution in [0.5, 0.6) is 5.75 Å². The van der Waals surface area contributed by atoms with Crippen LogP contribution in [0.3, 0.4) is 0 Å². The van der Waals surface area contributed by atoms with Crippen molar-refractivity contribution >= 4 is 15.8 Å². The first kappa shape index (κ1) is 19.6. The predicted octanol–water partition coefficient (Wildman–Crippen LogP) is 3.60. The van der Waals surface area contributed by atoms with E-state index in [9.17, 15) is 13.2 Å². The highest BCUT2D eigenvalue weighted by Gasteiger charge is 2.33. The van der Waals surface area contributed by atoms with Gasteiger partial charge in [-0.05, 0) is 62.1 Å². The van der Waals surface area contributed by atoms with E-state index < -0.39 is 10.0 Å². The average molecular weight is 388 g/mol. The lowest BCUT2D eigenvalue weighted by Gasteiger charge is -2.31. The summed E-state index contributed by atoms with van der Waals surface area (Å²) in [6.45, 7) is 4.49. The summed E-state index contributed by atoms with van der Waals surface area (Å²) in [7, 11) is -1.96. The number of nitrogens with zero attached hydrogens (tertiary/aromatic N) is 1. The minimum atomic E-state index is -3.58. The molecule has 3 rings (SSSR count). The van der Waals surface area contributed by atoms with Crippen molar-refractivity contribution in [3.8, 4) is 5.75 Å². The van der Waals surface area contributed by atoms with E-state index in [1.165, 1.54) is 4.31 Å². The van der Waals surface area contributed by atoms with E-state index in [4.69, 9.17) is 4.74 Å². The molecule has 144 valence electrons. The molecule has 1 aliphatic rings. The Balaban J connectivity index is 1.83. The summed E-state index contributed by atoms with van der Waals surface area (Å²) in [4.78, 5) is 13.3. The Kier molecular flexibility index (Phi) is 5.67. The van der Waals surface area contributed by atoms with E-state index in [0.717, 1.165) is 16.9 Å². The summed E-state index contributed by atoms with van der Waals surface area (Å²) in [6.07, 6.45) is 1.38. The highest BCUT2D eigenvalue weighted by Crippen LogP contribution is 2.29. The normalized spacial score (nSPS) is 18.3. The van der Waals surface area contributed by atoms with Crippen molar-refractivity contribution in [1.82, 2.24) is 4.31 Å². The third kappa shape index (κ3) is 3.92. The predicted molar refractivity (Wildman–Crippen MR) is 105 cm³/mol. The Morgan fingerprint density at radius 1 is 1.11 bits per heavy atom. The van der Waals surface area contributed by atoms with Crippen molar-refractivity contribution in [3.05, 3.63) is 59.2 Å². The summed E-state index contributed by atoms with van der Waals surface area (Å²) in [6, 6.07) is 12.1. The van der Waals surface area contributed by atoms with Crippen LogP contribution in [-0.4, -0.2) is 38.7 Å². The van der Waals surface area contributed by atoms with Crippen molar-refractivity contribution in [2.45, 2.75) is 31.6 Å². The van der Waals surface area contributed by atoms with Crippen molar-refractivity contribution in [1.29, 1.82) is 0 Å². The molecule has 1 fully saturated rings. The number of rotatable bonds is 5. The highest BCUT2D eigenvalue weighted by molar-refractivity contribution is 7.89. The number of Topliss-reactive ketones (excluding diaryl/α,β-unsaturated/α-hetero) is 1. The number of ether oxygens (including phenoxy) is 1. The van der Waals surface area contributed by atoms with Gasteiger partial charge in [0.1, 0.15) is 5.75 Å². The third-order valence-corrected chi connectivity index (χ3v) is 6.96. The molecule has 1 saturated heterocycles. The minimum Gasteiger partial charge on any atom is -0.496 e. The largest absolute Gasteiger partial charge is 0.496 e. The van der Waals surface area contributed by atoms with Gasteiger partial charge in [-0.3, -0.25) is 4.79 Å². The Morgan fingerprint density at radius 3 is 2.33 bits per heavy atom. The molecule has 0 radical (unpaired) electrons. The van der Waals surface area contributed by atoms with Gasteiger partial charge in [-0.2, -0.15) is 4.31 Å². The summed E-state index contributed by atoms with van der Waals surface area (Å²) in [5.41, 5.74) is 2.44. The number of carbonyl (C=O) groups excluding carboxylic acids is 1. The summed E-state index contributed by atoms with van der Waals surface area (Å²) >= 11 is 0. The molecule has 2 aromatic rings. The lowest BCUT2D eigenvalue weighted by Crippen LogP contribution is -2.42. The maximum atomic E-state index is 13.1. The minimum absolute atomic E-state index is 0.00295. The molecule has 27 heavy (non-hydrogen) atoms. The SMILES string of the molecule is COc1c(C)cc(C(=O)[C@@H]2CCCN(S(=O)(=O)c3ccccc3)C2)cc1C. The maximum absolute atomic E-state index is 13.1. The van der Waals surface area contributed by atoms with Gasteiger partial charge in [0.25, 0.3) is 0 Å². The number of methoxy groups -OCH3 is 1. The molecule has 1 heterocycles. The van der Waals surface area contributed by atoms with Gasteiger partial charge < -0.3 is 4.74 Å². The molecule has 0 aromatic heterocycles. The average Bonchev–Trinajstić information content (AvgIpc) is 2.68. The zero-order chi connectivity index (χ0) is 19.6. The van der Waals surface area contributed by atoms with Crippen molar-refractivity contribution in [3.63, 3.8) is 0 Å². The summed E-state index contributed by atoms with van der Waals surface area (Å²) < 4.78 is 32.6. The molecular weight excluding hydrogens is 362 g/mol. The van der Waals surface area contributed by atoms with Gasteiger partial charge in [0.05, 0.1) is 12.0 Å². The number of aryl methyl sites for hydroxylation is 2. The number of hydrogen-bond donors (Lipinski definition) is 0. The Hall–Kier alpha value is -2.18. The first-order valence-electron chi connectivity index (χ1n) is 9.09. The molecule has 0 bridgehead atoms. The molecule has 1 aliphatic heterocycles. The molecular formula is C21H25NO4S. The number of hydrogen-bond acceptors (Lipinski definition) is 4. The van der Waals surface area contributed by atoms with Gasteiger partial charge in [0.15, 0.2) is 5.78 Å². The van der Waals surface area contributed by atoms with Crippen LogP contribution in [-0.2, 0) is 10.0 Å². The molecule has 6 heteroatoms. The molecule has 0 spiro atoms. The molecule has 5 nitrogen and oxygen atoms in total. The monoisotopic (exact) mass is 387 g/mol. The lowest BCUT2D eigenvalue weighted by molar-refractivity contribution is 0.0872. The van der Waals surface area contributed by atoms with Crippen LogP contribution in [0.25, 0.3) is 0 Å². The fraction of sp³-hybridized carbons (Fsp3) is 0.381. The smallest absolute Gasteiger partial charge is 0.243 e. The van der Waals surface area contributed by atoms with Crippen LogP contribution in [0.2, 0.25) is 0 Å². The maximum Gasteiger partial charge on any atom is 0.243 e. The first-order chi connectivity index (χ1) is 12.8. The number of carbonyl (C=O) groups is 1. The van der Waals surface area contributed by atoms with E-state index in [1.54, 1.807) is 37.4 Å². The molecule has 0 saturated carbocycles. The number of benzene rings is 2. The van der Waals surface area contributed by atoms with Crippen LogP contribution in [0.1, 0.15) is 34.3 Å². The molecule has 0 aliphatic carbocycles. The summed E-state index contributed by atoms with van der Waals surface area (Å²) in [5.74, 6) is 0.449. The molecule has 0 amide bonds. The number of piperidine rings is 1. The van der Waals surface area contributed by atoms with Gasteiger partial charge in [0, 0.05) is 24.6 Å². The van der Waals surface area contributed by atoms with E-state index in [1.807, 2.05) is 26.0 Å². The zero-order valence-electron chi connectivity index (χ0n) is 15.9. The van der Waals surface area contributed by atoms with E-state index >= 15 is 0 Å². The topological polar surface area (TPSA) is 63.7 Å². The number of sulfonamides is 1. The zero-order valence-corrected chi connectivity index (χ0v) is 16.8. The van der Waals surface area contributed by atoms with Crippen LogP contribution >= 0.6 is 0 Å². The highest BCUT2D eigenvalue weighted by atomic mass is 32.2. The molecule has 0 N–H and O–H groups in total. The molecule has 2 aromatic carbocycles. The fourth-order valence-corrected chi connectivity index (χ4v) is 5.31. The van der Waals surface area contributed by atoms with Gasteiger partial charge in [-0.15, -0.1) is 0 Å². The molecule has 0 unspecified atom stereocenters. The van der Waals surface area contributed by atoms with Crippen LogP contribution < -0.4 is 4.74 Å². The van der Waals surface area contributed by atoms with Crippen molar-refractivity contribution in [2.24, 2.45) is 5.92 Å². The molecule has 1 atom stereocenters. The standard InChI is InChI=1S/C21H25NO4S/c1-15-12-18(13-16(2)21(15)26-3)20(23)17-8-7-11-22(14-17)27(24,25)19-9-5-4-6-10-19/h4-6,9-10,12-13,17H,7-8,11,14H2,1-3H3/t17-/m1/s1. The van der Waals surface area contributed by atoms with Crippen LogP contribution in [0.4, 0.5) is 0 Å². The Labute approximate surface area is 161 Å². The van der Waals surface area contributed by atoms with Crippen molar-refractivity contribution in [2.75, 3.05) is 20.2 Å². The second-order valence-corrected chi connectivity index (χ2v) is 8.96. The number of ketones is 1. The Bertz CT molecular complexity index is 915. The first-order valence-corrected chi connectivity index (χ1v) is 10.5. The van der Waals surface area contributed by atoms with Gasteiger partial charge in [0.2, 0.25) is 10.0 Å². The van der Waals surface area contributed by atoms with Crippen LogP contribution in [0.15, 0.2) is 47.4 Å². The van der Waals surface area contributed by atoms with E-state index in [-0.39, 0.29) is 23.1 Å². The second-order valence-electron chi connectivity index (χ2n) is 7.02. The van der Waals surface area contributed by atoms with Crippen molar-refractivity contribution < 1.29 is 17.9 Å². The summed E-state index contributed by atoms with van der Waals surface area (Å²) in [5, 5.41) is 0. The van der Waals surface area contributed by atoms with E-state index in [2.05, 4.69) is 0 Å². The Morgan fingerprint density at radius 2 is 1.74 bits per heavy atom. The van der Waals surface area contributed by atoms with Gasteiger partial charge in [-0.1, -0.05) is 18.2 Å². The van der Waals surface area contributed by atoms with Crippen LogP contribution in [0, 0.1) is 19.8 Å². The quantitative estimate of drug-likeness (QED) is 0.736. The third-order valence-electron chi connectivity index (χ3n) is 5.08. The van der Waals surface area contributed by atoms with E-state index in [0.29, 0.717) is 24.9 Å².